The van der Waals surface area contributed by atoms with E-state index in [1.165, 1.54) is 12.8 Å². The van der Waals surface area contributed by atoms with E-state index in [0.29, 0.717) is 0 Å². The third-order valence-corrected chi connectivity index (χ3v) is 2.28. The Morgan fingerprint density at radius 2 is 1.73 bits per heavy atom. The normalized spacial score (nSPS) is 13.0. The van der Waals surface area contributed by atoms with E-state index in [4.69, 9.17) is 10.5 Å². The minimum atomic E-state index is -0.163. The topological polar surface area (TPSA) is 47.3 Å². The first-order valence-corrected chi connectivity index (χ1v) is 5.94. The Hall–Kier alpha value is -0.120. The van der Waals surface area contributed by atoms with Gasteiger partial charge in [-0.1, -0.05) is 19.8 Å². The molecule has 0 aromatic heterocycles. The fraction of sp³-hybridized carbons (Fsp3) is 1.00. The summed E-state index contributed by atoms with van der Waals surface area (Å²) in [5, 5.41) is 2.75. The lowest BCUT2D eigenvalue weighted by Crippen LogP contribution is -2.45. The predicted octanol–water partition coefficient (Wildman–Crippen LogP) is 2.15. The minimum Gasteiger partial charge on any atom is -0.374 e. The number of nitrogens with two attached hydrogens (primary N) is 1. The van der Waals surface area contributed by atoms with Crippen LogP contribution in [0.4, 0.5) is 0 Å². The molecular formula is C12H30N2O. The van der Waals surface area contributed by atoms with E-state index in [2.05, 4.69) is 26.1 Å². The summed E-state index contributed by atoms with van der Waals surface area (Å²) in [6.45, 7) is 9.06. The van der Waals surface area contributed by atoms with Crippen molar-refractivity contribution in [3.8, 4) is 0 Å². The summed E-state index contributed by atoms with van der Waals surface area (Å²) in [6.07, 6.45) is 3.46. The quantitative estimate of drug-likeness (QED) is 0.718. The molecule has 0 rings (SSSR count). The molecule has 0 saturated heterocycles. The van der Waals surface area contributed by atoms with Crippen molar-refractivity contribution in [3.63, 3.8) is 0 Å². The van der Waals surface area contributed by atoms with Gasteiger partial charge in [-0.15, -0.1) is 0 Å². The summed E-state index contributed by atoms with van der Waals surface area (Å²) in [5.41, 5.74) is 5.84. The first-order chi connectivity index (χ1) is 6.96. The second-order valence-corrected chi connectivity index (χ2v) is 4.29. The van der Waals surface area contributed by atoms with Crippen molar-refractivity contribution in [2.24, 2.45) is 5.73 Å². The van der Waals surface area contributed by atoms with Crippen molar-refractivity contribution in [2.45, 2.75) is 58.6 Å². The molecule has 0 aromatic rings. The van der Waals surface area contributed by atoms with Crippen LogP contribution in [0.1, 0.15) is 47.0 Å². The van der Waals surface area contributed by atoms with Gasteiger partial charge in [-0.2, -0.15) is 0 Å². The average molecular weight is 218 g/mol. The van der Waals surface area contributed by atoms with Gasteiger partial charge >= 0.3 is 0 Å². The van der Waals surface area contributed by atoms with Gasteiger partial charge in [0.05, 0.1) is 5.60 Å². The number of nitrogens with one attached hydrogen (secondary N) is 1. The minimum absolute atomic E-state index is 0.163. The fourth-order valence-electron chi connectivity index (χ4n) is 1.25. The van der Waals surface area contributed by atoms with Crippen LogP contribution in [-0.4, -0.2) is 32.3 Å². The number of unbranched alkanes of at least 4 members (excludes halogenated alkanes) is 1. The molecule has 1 atom stereocenters. The van der Waals surface area contributed by atoms with Crippen molar-refractivity contribution in [3.05, 3.63) is 0 Å². The van der Waals surface area contributed by atoms with Gasteiger partial charge < -0.3 is 15.8 Å². The molecule has 94 valence electrons. The monoisotopic (exact) mass is 218 g/mol. The molecule has 3 nitrogen and oxygen atoms in total. The molecular weight excluding hydrogens is 188 g/mol. The van der Waals surface area contributed by atoms with E-state index >= 15 is 0 Å². The average Bonchev–Trinajstić information content (AvgIpc) is 2.15. The van der Waals surface area contributed by atoms with Crippen LogP contribution in [0.3, 0.4) is 0 Å². The highest BCUT2D eigenvalue weighted by Crippen LogP contribution is 2.17. The maximum absolute atomic E-state index is 6.00. The SMILES string of the molecule is CCCCC(N)C(C)(C)OCC.CNC. The molecule has 0 heterocycles. The summed E-state index contributed by atoms with van der Waals surface area (Å²) in [4.78, 5) is 0. The standard InChI is InChI=1S/C10H23NO.C2H7N/c1-5-7-8-9(11)10(3,4)12-6-2;1-3-2/h9H,5-8,11H2,1-4H3;3H,1-2H3. The van der Waals surface area contributed by atoms with Crippen molar-refractivity contribution in [2.75, 3.05) is 20.7 Å². The highest BCUT2D eigenvalue weighted by atomic mass is 16.5. The van der Waals surface area contributed by atoms with Crippen LogP contribution in [0.2, 0.25) is 0 Å². The molecule has 15 heavy (non-hydrogen) atoms. The predicted molar refractivity (Wildman–Crippen MR) is 68.2 cm³/mol. The number of rotatable bonds is 6. The van der Waals surface area contributed by atoms with Crippen LogP contribution in [0, 0.1) is 0 Å². The van der Waals surface area contributed by atoms with Crippen LogP contribution in [0.25, 0.3) is 0 Å². The molecule has 0 bridgehead atoms. The molecule has 0 fully saturated rings. The summed E-state index contributed by atoms with van der Waals surface area (Å²) < 4.78 is 5.56. The van der Waals surface area contributed by atoms with E-state index in [0.717, 1.165) is 13.0 Å². The molecule has 1 unspecified atom stereocenters. The van der Waals surface area contributed by atoms with Crippen molar-refractivity contribution >= 4 is 0 Å². The van der Waals surface area contributed by atoms with Crippen LogP contribution < -0.4 is 11.1 Å². The Morgan fingerprint density at radius 3 is 2.07 bits per heavy atom. The number of ether oxygens (including phenoxy) is 1. The third-order valence-electron chi connectivity index (χ3n) is 2.28. The van der Waals surface area contributed by atoms with E-state index in [-0.39, 0.29) is 11.6 Å². The highest BCUT2D eigenvalue weighted by molar-refractivity contribution is 4.82. The van der Waals surface area contributed by atoms with Crippen molar-refractivity contribution < 1.29 is 4.74 Å². The van der Waals surface area contributed by atoms with Gasteiger partial charge in [-0.3, -0.25) is 0 Å². The zero-order valence-electron chi connectivity index (χ0n) is 11.4. The van der Waals surface area contributed by atoms with Crippen LogP contribution >= 0.6 is 0 Å². The largest absolute Gasteiger partial charge is 0.374 e. The lowest BCUT2D eigenvalue weighted by molar-refractivity contribution is -0.0310. The smallest absolute Gasteiger partial charge is 0.0776 e. The second kappa shape index (κ2) is 10.4. The van der Waals surface area contributed by atoms with Gasteiger partial charge in [-0.05, 0) is 41.3 Å². The Labute approximate surface area is 95.8 Å². The molecule has 0 spiro atoms. The van der Waals surface area contributed by atoms with Gasteiger partial charge in [0.1, 0.15) is 0 Å². The molecule has 0 aliphatic rings. The fourth-order valence-corrected chi connectivity index (χ4v) is 1.25. The van der Waals surface area contributed by atoms with Gasteiger partial charge in [-0.25, -0.2) is 0 Å². The third kappa shape index (κ3) is 10.2. The first-order valence-electron chi connectivity index (χ1n) is 5.94. The molecule has 0 aromatic carbocycles. The molecule has 0 saturated carbocycles. The highest BCUT2D eigenvalue weighted by Gasteiger charge is 2.25. The van der Waals surface area contributed by atoms with E-state index in [1.807, 2.05) is 21.0 Å². The molecule has 0 amide bonds. The first kappa shape index (κ1) is 17.3. The van der Waals surface area contributed by atoms with Crippen molar-refractivity contribution in [1.82, 2.24) is 5.32 Å². The zero-order valence-corrected chi connectivity index (χ0v) is 11.4. The Balaban J connectivity index is 0. The summed E-state index contributed by atoms with van der Waals surface area (Å²) in [6, 6.07) is 0.164. The van der Waals surface area contributed by atoms with E-state index in [1.54, 1.807) is 0 Å². The maximum atomic E-state index is 6.00. The second-order valence-electron chi connectivity index (χ2n) is 4.29. The number of hydrogen-bond donors (Lipinski definition) is 2. The molecule has 3 N–H and O–H groups in total. The molecule has 0 aliphatic heterocycles. The Morgan fingerprint density at radius 1 is 1.27 bits per heavy atom. The number of hydrogen-bond acceptors (Lipinski definition) is 3. The van der Waals surface area contributed by atoms with Crippen molar-refractivity contribution in [1.29, 1.82) is 0 Å². The molecule has 3 heteroatoms. The van der Waals surface area contributed by atoms with Gasteiger partial charge in [0.15, 0.2) is 0 Å². The zero-order chi connectivity index (χ0) is 12.3. The molecule has 0 aliphatic carbocycles. The van der Waals surface area contributed by atoms with Gasteiger partial charge in [0.2, 0.25) is 0 Å². The van der Waals surface area contributed by atoms with Crippen LogP contribution in [0.15, 0.2) is 0 Å². The van der Waals surface area contributed by atoms with Gasteiger partial charge in [0.25, 0.3) is 0 Å². The lowest BCUT2D eigenvalue weighted by Gasteiger charge is -2.31. The van der Waals surface area contributed by atoms with E-state index in [9.17, 15) is 0 Å². The Bertz CT molecular complexity index is 127. The Kier molecular flexibility index (Phi) is 12.0. The van der Waals surface area contributed by atoms with E-state index < -0.39 is 0 Å². The maximum Gasteiger partial charge on any atom is 0.0776 e. The summed E-state index contributed by atoms with van der Waals surface area (Å²) in [7, 11) is 3.75. The van der Waals surface area contributed by atoms with Crippen LogP contribution in [0.5, 0.6) is 0 Å². The van der Waals surface area contributed by atoms with Gasteiger partial charge in [0, 0.05) is 12.6 Å². The lowest BCUT2D eigenvalue weighted by atomic mass is 9.94. The van der Waals surface area contributed by atoms with Crippen LogP contribution in [-0.2, 0) is 4.74 Å². The summed E-state index contributed by atoms with van der Waals surface area (Å²) in [5.74, 6) is 0. The summed E-state index contributed by atoms with van der Waals surface area (Å²) >= 11 is 0. The molecule has 0 radical (unpaired) electrons.